The van der Waals surface area contributed by atoms with E-state index in [2.05, 4.69) is 15.5 Å². The highest BCUT2D eigenvalue weighted by Crippen LogP contribution is 2.40. The predicted octanol–water partition coefficient (Wildman–Crippen LogP) is 5.92. The maximum Gasteiger partial charge on any atom is 0.326 e. The SMILES string of the molecule is CC1=C(c2nc(-c3ccc4c(c3)OCO4)no2)C(c2ccc(C)cc2)NC(=O)N1c1ccc(F)c(C)c1. The quantitative estimate of drug-likeness (QED) is 0.376. The molecule has 1 aromatic heterocycles. The molecule has 6 rings (SSSR count). The van der Waals surface area contributed by atoms with Gasteiger partial charge in [-0.1, -0.05) is 35.0 Å². The summed E-state index contributed by atoms with van der Waals surface area (Å²) < 4.78 is 30.6. The Labute approximate surface area is 212 Å². The summed E-state index contributed by atoms with van der Waals surface area (Å²) in [5.41, 5.74) is 4.87. The van der Waals surface area contributed by atoms with Crippen molar-refractivity contribution in [2.45, 2.75) is 26.8 Å². The molecule has 9 heteroatoms. The van der Waals surface area contributed by atoms with Crippen LogP contribution >= 0.6 is 0 Å². The van der Waals surface area contributed by atoms with Gasteiger partial charge in [-0.15, -0.1) is 0 Å². The van der Waals surface area contributed by atoms with E-state index in [1.54, 1.807) is 31.2 Å². The molecule has 2 aliphatic heterocycles. The van der Waals surface area contributed by atoms with Gasteiger partial charge in [0, 0.05) is 11.3 Å². The van der Waals surface area contributed by atoms with Crippen LogP contribution in [0, 0.1) is 19.7 Å². The number of carbonyl (C=O) groups excluding carboxylic acids is 1. The molecule has 4 aromatic rings. The molecule has 0 saturated carbocycles. The molecule has 0 bridgehead atoms. The zero-order valence-corrected chi connectivity index (χ0v) is 20.4. The first-order valence-corrected chi connectivity index (χ1v) is 11.8. The Morgan fingerprint density at radius 1 is 0.973 bits per heavy atom. The third-order valence-corrected chi connectivity index (χ3v) is 6.58. The van der Waals surface area contributed by atoms with E-state index in [4.69, 9.17) is 14.0 Å². The van der Waals surface area contributed by atoms with Crippen LogP contribution in [0.5, 0.6) is 11.5 Å². The number of carbonyl (C=O) groups is 1. The van der Waals surface area contributed by atoms with Crippen molar-refractivity contribution in [2.24, 2.45) is 0 Å². The maximum atomic E-state index is 14.0. The van der Waals surface area contributed by atoms with E-state index in [1.165, 1.54) is 11.0 Å². The first-order valence-electron chi connectivity index (χ1n) is 11.8. The molecule has 3 heterocycles. The fraction of sp³-hybridized carbons (Fsp3) is 0.179. The summed E-state index contributed by atoms with van der Waals surface area (Å²) in [5, 5.41) is 7.28. The van der Waals surface area contributed by atoms with E-state index >= 15 is 0 Å². The summed E-state index contributed by atoms with van der Waals surface area (Å²) >= 11 is 0. The van der Waals surface area contributed by atoms with Crippen molar-refractivity contribution in [2.75, 3.05) is 11.7 Å². The third kappa shape index (κ3) is 3.98. The number of urea groups is 1. The Kier molecular flexibility index (Phi) is 5.40. The second kappa shape index (κ2) is 8.77. The molecule has 3 aromatic carbocycles. The van der Waals surface area contributed by atoms with Gasteiger partial charge >= 0.3 is 6.03 Å². The summed E-state index contributed by atoms with van der Waals surface area (Å²) in [5.74, 6) is 1.56. The Balaban J connectivity index is 1.47. The second-order valence-electron chi connectivity index (χ2n) is 9.05. The monoisotopic (exact) mass is 498 g/mol. The van der Waals surface area contributed by atoms with E-state index in [0.29, 0.717) is 45.4 Å². The van der Waals surface area contributed by atoms with E-state index in [-0.39, 0.29) is 24.5 Å². The van der Waals surface area contributed by atoms with Crippen LogP contribution in [-0.4, -0.2) is 23.0 Å². The standard InChI is InChI=1S/C28H23FN4O4/c1-15-4-6-18(7-5-15)25-24(17(3)33(28(34)30-25)20-9-10-21(29)16(2)12-20)27-31-26(32-37-27)19-8-11-22-23(13-19)36-14-35-22/h4-13,25H,14H2,1-3H3,(H,30,34). The number of aryl methyl sites for hydroxylation is 2. The third-order valence-electron chi connectivity index (χ3n) is 6.58. The summed E-state index contributed by atoms with van der Waals surface area (Å²) in [6.45, 7) is 5.64. The van der Waals surface area contributed by atoms with Gasteiger partial charge < -0.3 is 19.3 Å². The molecule has 1 atom stereocenters. The minimum absolute atomic E-state index is 0.166. The van der Waals surface area contributed by atoms with E-state index in [9.17, 15) is 9.18 Å². The van der Waals surface area contributed by atoms with Crippen molar-refractivity contribution >= 4 is 17.3 Å². The molecule has 2 amide bonds. The van der Waals surface area contributed by atoms with E-state index in [1.807, 2.05) is 44.2 Å². The zero-order valence-electron chi connectivity index (χ0n) is 20.4. The molecule has 2 aliphatic rings. The van der Waals surface area contributed by atoms with Gasteiger partial charge in [0.15, 0.2) is 11.5 Å². The molecule has 1 N–H and O–H groups in total. The average Bonchev–Trinajstić information content (AvgIpc) is 3.56. The van der Waals surface area contributed by atoms with E-state index < -0.39 is 6.04 Å². The smallest absolute Gasteiger partial charge is 0.326 e. The van der Waals surface area contributed by atoms with Crippen LogP contribution in [0.4, 0.5) is 14.9 Å². The highest BCUT2D eigenvalue weighted by molar-refractivity contribution is 6.01. The van der Waals surface area contributed by atoms with E-state index in [0.717, 1.165) is 11.1 Å². The fourth-order valence-electron chi connectivity index (χ4n) is 4.59. The number of anilines is 1. The van der Waals surface area contributed by atoms with Crippen molar-refractivity contribution in [3.05, 3.63) is 94.8 Å². The van der Waals surface area contributed by atoms with Crippen LogP contribution in [0.3, 0.4) is 0 Å². The van der Waals surface area contributed by atoms with Crippen molar-refractivity contribution < 1.29 is 23.2 Å². The number of benzene rings is 3. The van der Waals surface area contributed by atoms with Gasteiger partial charge in [-0.3, -0.25) is 4.90 Å². The number of amides is 2. The predicted molar refractivity (Wildman–Crippen MR) is 135 cm³/mol. The van der Waals surface area contributed by atoms with Crippen molar-refractivity contribution in [3.63, 3.8) is 0 Å². The lowest BCUT2D eigenvalue weighted by Gasteiger charge is -2.35. The van der Waals surface area contributed by atoms with Crippen LogP contribution in [0.25, 0.3) is 17.0 Å². The molecule has 0 spiro atoms. The van der Waals surface area contributed by atoms with Gasteiger partial charge in [0.1, 0.15) is 5.82 Å². The number of hydrogen-bond acceptors (Lipinski definition) is 6. The van der Waals surface area contributed by atoms with Crippen molar-refractivity contribution in [1.82, 2.24) is 15.5 Å². The molecular formula is C28H23FN4O4. The van der Waals surface area contributed by atoms with Crippen LogP contribution in [-0.2, 0) is 0 Å². The van der Waals surface area contributed by atoms with Gasteiger partial charge in [0.2, 0.25) is 12.6 Å². The minimum atomic E-state index is -0.532. The highest BCUT2D eigenvalue weighted by atomic mass is 19.1. The molecule has 8 nitrogen and oxygen atoms in total. The van der Waals surface area contributed by atoms with Gasteiger partial charge in [0.05, 0.1) is 17.3 Å². The summed E-state index contributed by atoms with van der Waals surface area (Å²) in [7, 11) is 0. The number of fused-ring (bicyclic) bond motifs is 1. The van der Waals surface area contributed by atoms with Gasteiger partial charge in [-0.2, -0.15) is 4.98 Å². The van der Waals surface area contributed by atoms with Crippen LogP contribution in [0.2, 0.25) is 0 Å². The molecule has 0 saturated heterocycles. The number of nitrogens with zero attached hydrogens (tertiary/aromatic N) is 3. The zero-order chi connectivity index (χ0) is 25.7. The normalized spacial score (nSPS) is 16.8. The first kappa shape index (κ1) is 22.8. The summed E-state index contributed by atoms with van der Waals surface area (Å²) in [6.07, 6.45) is 0. The second-order valence-corrected chi connectivity index (χ2v) is 9.05. The number of hydrogen-bond donors (Lipinski definition) is 1. The van der Waals surface area contributed by atoms with Gasteiger partial charge in [-0.25, -0.2) is 9.18 Å². The Hall–Kier alpha value is -4.66. The number of halogens is 1. The lowest BCUT2D eigenvalue weighted by atomic mass is 9.94. The minimum Gasteiger partial charge on any atom is -0.454 e. The lowest BCUT2D eigenvalue weighted by Crippen LogP contribution is -2.46. The fourth-order valence-corrected chi connectivity index (χ4v) is 4.59. The number of nitrogens with one attached hydrogen (secondary N) is 1. The highest BCUT2D eigenvalue weighted by Gasteiger charge is 2.36. The Morgan fingerprint density at radius 2 is 1.76 bits per heavy atom. The molecule has 37 heavy (non-hydrogen) atoms. The average molecular weight is 499 g/mol. The molecule has 0 radical (unpaired) electrons. The first-order chi connectivity index (χ1) is 17.9. The Bertz CT molecular complexity index is 1560. The number of rotatable bonds is 4. The summed E-state index contributed by atoms with van der Waals surface area (Å²) in [6, 6.07) is 17.0. The van der Waals surface area contributed by atoms with Gasteiger partial charge in [0.25, 0.3) is 5.89 Å². The maximum absolute atomic E-state index is 14.0. The van der Waals surface area contributed by atoms with Gasteiger partial charge in [-0.05, 0) is 68.3 Å². The topological polar surface area (TPSA) is 89.7 Å². The number of ether oxygens (including phenoxy) is 2. The molecule has 0 fully saturated rings. The number of allylic oxidation sites excluding steroid dienone is 1. The molecule has 186 valence electrons. The van der Waals surface area contributed by atoms with Crippen LogP contribution in [0.1, 0.15) is 35.5 Å². The van der Waals surface area contributed by atoms with Crippen LogP contribution in [0.15, 0.2) is 70.9 Å². The molecular weight excluding hydrogens is 475 g/mol. The molecule has 1 unspecified atom stereocenters. The number of aromatic nitrogens is 2. The largest absolute Gasteiger partial charge is 0.454 e. The van der Waals surface area contributed by atoms with Crippen molar-refractivity contribution in [3.8, 4) is 22.9 Å². The van der Waals surface area contributed by atoms with Crippen molar-refractivity contribution in [1.29, 1.82) is 0 Å². The molecule has 0 aliphatic carbocycles. The Morgan fingerprint density at radius 3 is 2.54 bits per heavy atom. The summed E-state index contributed by atoms with van der Waals surface area (Å²) in [4.78, 5) is 19.5. The van der Waals surface area contributed by atoms with Crippen LogP contribution < -0.4 is 19.7 Å². The lowest BCUT2D eigenvalue weighted by molar-refractivity contribution is 0.174.